The van der Waals surface area contributed by atoms with Gasteiger partial charge in [-0.15, -0.1) is 11.3 Å². The summed E-state index contributed by atoms with van der Waals surface area (Å²) in [5.74, 6) is 1.00. The number of anilines is 1. The summed E-state index contributed by atoms with van der Waals surface area (Å²) in [4.78, 5) is 18.9. The lowest BCUT2D eigenvalue weighted by molar-refractivity contribution is 0.0746. The summed E-state index contributed by atoms with van der Waals surface area (Å²) >= 11 is 1.79. The summed E-state index contributed by atoms with van der Waals surface area (Å²) in [5, 5.41) is 2.11. The lowest BCUT2D eigenvalue weighted by Gasteiger charge is -2.36. The van der Waals surface area contributed by atoms with Crippen LogP contribution in [0.5, 0.6) is 0 Å². The number of benzene rings is 1. The van der Waals surface area contributed by atoms with Crippen LogP contribution in [0.3, 0.4) is 0 Å². The van der Waals surface area contributed by atoms with E-state index in [9.17, 15) is 4.79 Å². The fourth-order valence-corrected chi connectivity index (χ4v) is 5.26. The third-order valence-corrected chi connectivity index (χ3v) is 6.62. The van der Waals surface area contributed by atoms with Crippen molar-refractivity contribution in [2.24, 2.45) is 5.92 Å². The Labute approximate surface area is 154 Å². The number of hydrogen-bond donors (Lipinski definition) is 0. The molecule has 1 aliphatic heterocycles. The first-order valence-electron chi connectivity index (χ1n) is 9.32. The van der Waals surface area contributed by atoms with Gasteiger partial charge in [0, 0.05) is 42.1 Å². The highest BCUT2D eigenvalue weighted by atomic mass is 32.1. The van der Waals surface area contributed by atoms with Gasteiger partial charge in [-0.1, -0.05) is 19.1 Å². The van der Waals surface area contributed by atoms with E-state index in [1.807, 2.05) is 4.90 Å². The van der Waals surface area contributed by atoms with E-state index >= 15 is 0 Å². The summed E-state index contributed by atoms with van der Waals surface area (Å²) in [7, 11) is 0. The van der Waals surface area contributed by atoms with Crippen LogP contribution in [0.4, 0.5) is 5.69 Å². The minimum Gasteiger partial charge on any atom is -0.368 e. The zero-order chi connectivity index (χ0) is 17.4. The minimum absolute atomic E-state index is 0.246. The average Bonchev–Trinajstić information content (AvgIpc) is 3.04. The Kier molecular flexibility index (Phi) is 4.55. The summed E-state index contributed by atoms with van der Waals surface area (Å²) in [6.45, 7) is 7.90. The Bertz CT molecular complexity index is 774. The van der Waals surface area contributed by atoms with Crippen molar-refractivity contribution in [2.45, 2.75) is 33.1 Å². The van der Waals surface area contributed by atoms with Crippen molar-refractivity contribution in [2.75, 3.05) is 31.1 Å². The molecule has 132 valence electrons. The smallest absolute Gasteiger partial charge is 0.255 e. The molecule has 0 N–H and O–H groups in total. The fraction of sp³-hybridized carbons (Fsp3) is 0.476. The molecule has 2 heterocycles. The van der Waals surface area contributed by atoms with Crippen LogP contribution in [-0.2, 0) is 12.8 Å². The van der Waals surface area contributed by atoms with E-state index in [-0.39, 0.29) is 5.91 Å². The van der Waals surface area contributed by atoms with Crippen molar-refractivity contribution in [1.82, 2.24) is 4.90 Å². The maximum atomic E-state index is 13.0. The molecule has 1 saturated heterocycles. The van der Waals surface area contributed by atoms with Crippen molar-refractivity contribution in [1.29, 1.82) is 0 Å². The van der Waals surface area contributed by atoms with Gasteiger partial charge in [0.15, 0.2) is 0 Å². The number of carbonyl (C=O) groups excluding carboxylic acids is 1. The molecule has 1 amide bonds. The topological polar surface area (TPSA) is 23.6 Å². The van der Waals surface area contributed by atoms with Crippen molar-refractivity contribution < 1.29 is 4.79 Å². The maximum Gasteiger partial charge on any atom is 0.255 e. The zero-order valence-corrected chi connectivity index (χ0v) is 15.9. The molecule has 1 unspecified atom stereocenters. The average molecular weight is 355 g/mol. The number of carbonyl (C=O) groups is 1. The summed E-state index contributed by atoms with van der Waals surface area (Å²) < 4.78 is 0. The SMILES string of the molecule is Cc1cccc(N2CCN(C(=O)c3csc4c3CCC(C)C4)CC2)c1. The molecule has 1 fully saturated rings. The van der Waals surface area contributed by atoms with Crippen LogP contribution in [-0.4, -0.2) is 37.0 Å². The molecule has 1 aromatic carbocycles. The second kappa shape index (κ2) is 6.83. The van der Waals surface area contributed by atoms with E-state index in [4.69, 9.17) is 0 Å². The van der Waals surface area contributed by atoms with Crippen molar-refractivity contribution >= 4 is 22.9 Å². The molecular formula is C21H26N2OS. The fourth-order valence-electron chi connectivity index (χ4n) is 4.02. The van der Waals surface area contributed by atoms with Gasteiger partial charge in [0.25, 0.3) is 5.91 Å². The number of piperazine rings is 1. The minimum atomic E-state index is 0.246. The molecule has 25 heavy (non-hydrogen) atoms. The van der Waals surface area contributed by atoms with Gasteiger partial charge in [-0.2, -0.15) is 0 Å². The van der Waals surface area contributed by atoms with Crippen LogP contribution in [0.25, 0.3) is 0 Å². The van der Waals surface area contributed by atoms with Crippen LogP contribution >= 0.6 is 11.3 Å². The zero-order valence-electron chi connectivity index (χ0n) is 15.1. The van der Waals surface area contributed by atoms with Crippen LogP contribution in [0.2, 0.25) is 0 Å². The highest BCUT2D eigenvalue weighted by Gasteiger charge is 2.28. The highest BCUT2D eigenvalue weighted by molar-refractivity contribution is 7.10. The molecular weight excluding hydrogens is 328 g/mol. The van der Waals surface area contributed by atoms with Crippen LogP contribution < -0.4 is 4.90 Å². The van der Waals surface area contributed by atoms with E-state index in [2.05, 4.69) is 48.4 Å². The third-order valence-electron chi connectivity index (χ3n) is 5.57. The molecule has 4 heteroatoms. The second-order valence-electron chi connectivity index (χ2n) is 7.52. The predicted molar refractivity (Wildman–Crippen MR) is 105 cm³/mol. The molecule has 2 aliphatic rings. The summed E-state index contributed by atoms with van der Waals surface area (Å²) in [6, 6.07) is 8.64. The van der Waals surface area contributed by atoms with E-state index in [1.165, 1.54) is 28.1 Å². The first-order valence-corrected chi connectivity index (χ1v) is 10.2. The maximum absolute atomic E-state index is 13.0. The van der Waals surface area contributed by atoms with Gasteiger partial charge in [-0.25, -0.2) is 0 Å². The Morgan fingerprint density at radius 2 is 2.00 bits per heavy atom. The van der Waals surface area contributed by atoms with Gasteiger partial charge >= 0.3 is 0 Å². The lowest BCUT2D eigenvalue weighted by Crippen LogP contribution is -2.49. The number of amides is 1. The third kappa shape index (κ3) is 3.32. The highest BCUT2D eigenvalue weighted by Crippen LogP contribution is 2.33. The molecule has 1 aliphatic carbocycles. The van der Waals surface area contributed by atoms with Crippen LogP contribution in [0, 0.1) is 12.8 Å². The van der Waals surface area contributed by atoms with Crippen molar-refractivity contribution in [3.8, 4) is 0 Å². The van der Waals surface area contributed by atoms with Gasteiger partial charge in [-0.05, 0) is 55.4 Å². The van der Waals surface area contributed by atoms with Crippen molar-refractivity contribution in [3.63, 3.8) is 0 Å². The monoisotopic (exact) mass is 354 g/mol. The number of thiophene rings is 1. The molecule has 0 bridgehead atoms. The van der Waals surface area contributed by atoms with E-state index in [0.29, 0.717) is 0 Å². The molecule has 0 saturated carbocycles. The first-order chi connectivity index (χ1) is 12.1. The Morgan fingerprint density at radius 1 is 1.20 bits per heavy atom. The first kappa shape index (κ1) is 16.6. The normalized spacial score (nSPS) is 20.5. The van der Waals surface area contributed by atoms with Gasteiger partial charge in [0.2, 0.25) is 0 Å². The van der Waals surface area contributed by atoms with E-state index in [1.54, 1.807) is 11.3 Å². The van der Waals surface area contributed by atoms with Gasteiger partial charge in [0.1, 0.15) is 0 Å². The number of aryl methyl sites for hydroxylation is 1. The molecule has 0 spiro atoms. The molecule has 0 radical (unpaired) electrons. The Balaban J connectivity index is 1.44. The van der Waals surface area contributed by atoms with Gasteiger partial charge in [-0.3, -0.25) is 4.79 Å². The Morgan fingerprint density at radius 3 is 2.76 bits per heavy atom. The van der Waals surface area contributed by atoms with E-state index in [0.717, 1.165) is 50.5 Å². The molecule has 1 aromatic heterocycles. The second-order valence-corrected chi connectivity index (χ2v) is 8.48. The van der Waals surface area contributed by atoms with Crippen molar-refractivity contribution in [3.05, 3.63) is 51.2 Å². The van der Waals surface area contributed by atoms with E-state index < -0.39 is 0 Å². The molecule has 2 aromatic rings. The summed E-state index contributed by atoms with van der Waals surface area (Å²) in [5.41, 5.74) is 4.88. The number of hydrogen-bond acceptors (Lipinski definition) is 3. The quantitative estimate of drug-likeness (QED) is 0.809. The molecule has 1 atom stereocenters. The lowest BCUT2D eigenvalue weighted by atomic mass is 9.88. The predicted octanol–water partition coefficient (Wildman–Crippen LogP) is 4.14. The number of fused-ring (bicyclic) bond motifs is 1. The number of rotatable bonds is 2. The summed E-state index contributed by atoms with van der Waals surface area (Å²) in [6.07, 6.45) is 3.43. The van der Waals surface area contributed by atoms with Crippen LogP contribution in [0.1, 0.15) is 39.7 Å². The molecule has 3 nitrogen and oxygen atoms in total. The van der Waals surface area contributed by atoms with Crippen LogP contribution in [0.15, 0.2) is 29.6 Å². The number of nitrogens with zero attached hydrogens (tertiary/aromatic N) is 2. The largest absolute Gasteiger partial charge is 0.368 e. The standard InChI is InChI=1S/C21H26N2OS/c1-15-4-3-5-17(12-15)22-8-10-23(11-9-22)21(24)19-14-25-20-13-16(2)6-7-18(19)20/h3-5,12,14,16H,6-11,13H2,1-2H3. The Hall–Kier alpha value is -1.81. The molecule has 4 rings (SSSR count). The van der Waals surface area contributed by atoms with Gasteiger partial charge < -0.3 is 9.80 Å². The van der Waals surface area contributed by atoms with Gasteiger partial charge in [0.05, 0.1) is 5.56 Å².